The third-order valence-corrected chi connectivity index (χ3v) is 4.27. The minimum atomic E-state index is 0.415. The largest absolute Gasteiger partial charge is 0.382 e. The van der Waals surface area contributed by atoms with E-state index in [1.54, 1.807) is 0 Å². The van der Waals surface area contributed by atoms with Gasteiger partial charge in [0.15, 0.2) is 5.11 Å². The van der Waals surface area contributed by atoms with Crippen LogP contribution in [0, 0.1) is 0 Å². The van der Waals surface area contributed by atoms with Crippen LogP contribution in [0.2, 0.25) is 0 Å². The minimum absolute atomic E-state index is 0.415. The van der Waals surface area contributed by atoms with Gasteiger partial charge in [0.2, 0.25) is 0 Å². The zero-order valence-corrected chi connectivity index (χ0v) is 14.7. The lowest BCUT2D eigenvalue weighted by molar-refractivity contribution is 0.145. The Balaban J connectivity index is 1.83. The lowest BCUT2D eigenvalue weighted by atomic mass is 9.82. The van der Waals surface area contributed by atoms with Crippen LogP contribution >= 0.6 is 12.2 Å². The number of benzene rings is 1. The number of thiocarbonyl (C=S) groups is 1. The molecule has 1 aromatic carbocycles. The number of nitrogens with one attached hydrogen (secondary N) is 2. The fourth-order valence-electron chi connectivity index (χ4n) is 2.86. The minimum Gasteiger partial charge on any atom is -0.382 e. The van der Waals surface area contributed by atoms with Crippen LogP contribution in [0.3, 0.4) is 0 Å². The summed E-state index contributed by atoms with van der Waals surface area (Å²) in [5.41, 5.74) is 5.57. The Morgan fingerprint density at radius 3 is 2.91 bits per heavy atom. The first-order chi connectivity index (χ1) is 11.3. The van der Waals surface area contributed by atoms with E-state index in [-0.39, 0.29) is 0 Å². The fraction of sp³-hybridized carbons (Fsp3) is 0.556. The first-order valence-corrected chi connectivity index (χ1v) is 8.95. The highest BCUT2D eigenvalue weighted by Crippen LogP contribution is 2.30. The number of rotatable bonds is 7. The van der Waals surface area contributed by atoms with Crippen LogP contribution in [0.1, 0.15) is 50.5 Å². The average molecular weight is 334 g/mol. The van der Waals surface area contributed by atoms with Crippen LogP contribution in [0.15, 0.2) is 35.4 Å². The predicted molar refractivity (Wildman–Crippen MR) is 99.9 cm³/mol. The zero-order valence-electron chi connectivity index (χ0n) is 13.9. The van der Waals surface area contributed by atoms with Crippen molar-refractivity contribution in [1.29, 1.82) is 0 Å². The zero-order chi connectivity index (χ0) is 16.3. The quantitative estimate of drug-likeness (QED) is 0.455. The van der Waals surface area contributed by atoms with Gasteiger partial charge >= 0.3 is 0 Å². The molecule has 126 valence electrons. The Bertz CT molecular complexity index is 504. The molecular weight excluding hydrogens is 306 g/mol. The molecule has 1 atom stereocenters. The van der Waals surface area contributed by atoms with Crippen molar-refractivity contribution in [2.45, 2.75) is 44.9 Å². The van der Waals surface area contributed by atoms with Gasteiger partial charge in [-0.2, -0.15) is 5.10 Å². The second kappa shape index (κ2) is 10.3. The molecule has 0 spiro atoms. The van der Waals surface area contributed by atoms with Gasteiger partial charge in [-0.1, -0.05) is 36.8 Å². The van der Waals surface area contributed by atoms with Crippen molar-refractivity contribution in [3.63, 3.8) is 0 Å². The third-order valence-electron chi connectivity index (χ3n) is 4.04. The number of hydrazone groups is 1. The van der Waals surface area contributed by atoms with E-state index in [1.165, 1.54) is 30.5 Å². The summed E-state index contributed by atoms with van der Waals surface area (Å²) in [6.45, 7) is 4.33. The topological polar surface area (TPSA) is 45.6 Å². The predicted octanol–water partition coefficient (Wildman–Crippen LogP) is 3.59. The van der Waals surface area contributed by atoms with Gasteiger partial charge < -0.3 is 10.1 Å². The molecule has 2 N–H and O–H groups in total. The summed E-state index contributed by atoms with van der Waals surface area (Å²) in [5, 5.41) is 8.35. The fourth-order valence-corrected chi connectivity index (χ4v) is 3.00. The molecule has 0 aromatic heterocycles. The highest BCUT2D eigenvalue weighted by atomic mass is 32.1. The second-order valence-electron chi connectivity index (χ2n) is 5.73. The van der Waals surface area contributed by atoms with E-state index in [0.717, 1.165) is 32.6 Å². The normalized spacial score (nSPS) is 19.5. The van der Waals surface area contributed by atoms with Gasteiger partial charge in [0.25, 0.3) is 0 Å². The highest BCUT2D eigenvalue weighted by Gasteiger charge is 2.22. The van der Waals surface area contributed by atoms with E-state index in [1.807, 2.05) is 6.92 Å². The van der Waals surface area contributed by atoms with Gasteiger partial charge in [0.1, 0.15) is 0 Å². The van der Waals surface area contributed by atoms with Crippen LogP contribution in [0.25, 0.3) is 0 Å². The van der Waals surface area contributed by atoms with Crippen molar-refractivity contribution >= 4 is 23.0 Å². The molecule has 0 radical (unpaired) electrons. The van der Waals surface area contributed by atoms with Crippen molar-refractivity contribution in [1.82, 2.24) is 10.7 Å². The number of ether oxygens (including phenoxy) is 1. The summed E-state index contributed by atoms with van der Waals surface area (Å²) < 4.78 is 5.30. The molecule has 2 rings (SSSR count). The highest BCUT2D eigenvalue weighted by molar-refractivity contribution is 7.80. The lowest BCUT2D eigenvalue weighted by Gasteiger charge is -2.24. The molecule has 1 saturated carbocycles. The molecule has 1 fully saturated rings. The van der Waals surface area contributed by atoms with E-state index in [9.17, 15) is 0 Å². The van der Waals surface area contributed by atoms with Gasteiger partial charge in [-0.25, -0.2) is 0 Å². The van der Waals surface area contributed by atoms with E-state index >= 15 is 0 Å². The van der Waals surface area contributed by atoms with Crippen molar-refractivity contribution in [2.75, 3.05) is 19.8 Å². The molecule has 0 bridgehead atoms. The maximum absolute atomic E-state index is 5.30. The maximum Gasteiger partial charge on any atom is 0.186 e. The Kier molecular flexibility index (Phi) is 8.04. The Morgan fingerprint density at radius 2 is 2.13 bits per heavy atom. The molecule has 4 nitrogen and oxygen atoms in total. The summed E-state index contributed by atoms with van der Waals surface area (Å²) in [4.78, 5) is 0. The van der Waals surface area contributed by atoms with Crippen molar-refractivity contribution < 1.29 is 4.74 Å². The molecule has 0 amide bonds. The van der Waals surface area contributed by atoms with E-state index in [0.29, 0.717) is 11.0 Å². The van der Waals surface area contributed by atoms with Crippen LogP contribution in [-0.2, 0) is 4.74 Å². The molecule has 1 aliphatic carbocycles. The number of hydrogen-bond acceptors (Lipinski definition) is 3. The monoisotopic (exact) mass is 333 g/mol. The summed E-state index contributed by atoms with van der Waals surface area (Å²) in [6, 6.07) is 10.6. The summed E-state index contributed by atoms with van der Waals surface area (Å²) in [5.74, 6) is 0.415. The van der Waals surface area contributed by atoms with Crippen molar-refractivity contribution in [2.24, 2.45) is 5.10 Å². The molecule has 5 heteroatoms. The molecule has 0 unspecified atom stereocenters. The molecule has 0 heterocycles. The van der Waals surface area contributed by atoms with Gasteiger partial charge in [-0.15, -0.1) is 0 Å². The first kappa shape index (κ1) is 17.9. The number of nitrogens with zero attached hydrogens (tertiary/aromatic N) is 1. The molecular formula is C18H27N3OS. The van der Waals surface area contributed by atoms with Crippen LogP contribution in [0.5, 0.6) is 0 Å². The Hall–Kier alpha value is -1.46. The van der Waals surface area contributed by atoms with Gasteiger partial charge in [0.05, 0.1) is 0 Å². The Labute approximate surface area is 144 Å². The van der Waals surface area contributed by atoms with Crippen LogP contribution in [0.4, 0.5) is 0 Å². The van der Waals surface area contributed by atoms with Gasteiger partial charge in [-0.05, 0) is 50.4 Å². The molecule has 0 aliphatic heterocycles. The van der Waals surface area contributed by atoms with Crippen LogP contribution in [-0.4, -0.2) is 30.6 Å². The summed E-state index contributed by atoms with van der Waals surface area (Å²) in [6.07, 6.45) is 5.62. The van der Waals surface area contributed by atoms with Crippen molar-refractivity contribution in [3.8, 4) is 0 Å². The molecule has 1 aliphatic rings. The van der Waals surface area contributed by atoms with Gasteiger partial charge in [-0.3, -0.25) is 5.43 Å². The smallest absolute Gasteiger partial charge is 0.186 e. The second-order valence-corrected chi connectivity index (χ2v) is 6.14. The SMILES string of the molecule is CCOCCCNC(=S)N/N=C1/CCCC[C@H]1c1ccccc1. The maximum atomic E-state index is 5.30. The third kappa shape index (κ3) is 6.28. The first-order valence-electron chi connectivity index (χ1n) is 8.54. The molecule has 0 saturated heterocycles. The van der Waals surface area contributed by atoms with E-state index < -0.39 is 0 Å². The summed E-state index contributed by atoms with van der Waals surface area (Å²) in [7, 11) is 0. The van der Waals surface area contributed by atoms with E-state index in [4.69, 9.17) is 17.0 Å². The lowest BCUT2D eigenvalue weighted by Crippen LogP contribution is -2.34. The van der Waals surface area contributed by atoms with E-state index in [2.05, 4.69) is 46.2 Å². The molecule has 23 heavy (non-hydrogen) atoms. The summed E-state index contributed by atoms with van der Waals surface area (Å²) >= 11 is 5.29. The van der Waals surface area contributed by atoms with Gasteiger partial charge in [0, 0.05) is 31.4 Å². The Morgan fingerprint density at radius 1 is 1.30 bits per heavy atom. The standard InChI is InChI=1S/C18H27N3OS/c1-2-22-14-8-13-19-18(23)21-20-17-12-7-6-11-16(17)15-9-4-3-5-10-15/h3-5,9-10,16H,2,6-8,11-14H2,1H3,(H2,19,21,23)/b20-17-/t16-/m0/s1. The molecule has 1 aromatic rings. The van der Waals surface area contributed by atoms with Crippen molar-refractivity contribution in [3.05, 3.63) is 35.9 Å². The number of hydrogen-bond donors (Lipinski definition) is 2. The average Bonchev–Trinajstić information content (AvgIpc) is 2.61. The van der Waals surface area contributed by atoms with Crippen LogP contribution < -0.4 is 10.7 Å².